The van der Waals surface area contributed by atoms with Gasteiger partial charge in [0.05, 0.1) is 5.52 Å². The van der Waals surface area contributed by atoms with Crippen LogP contribution in [0.25, 0.3) is 10.9 Å². The van der Waals surface area contributed by atoms with E-state index in [1.54, 1.807) is 24.4 Å². The number of carbonyl (C=O) groups excluding carboxylic acids is 1. The number of benzene rings is 3. The van der Waals surface area contributed by atoms with E-state index in [1.165, 1.54) is 0 Å². The average Bonchev–Trinajstić information content (AvgIpc) is 2.94. The van der Waals surface area contributed by atoms with Crippen LogP contribution in [-0.2, 0) is 24.3 Å². The van der Waals surface area contributed by atoms with Crippen molar-refractivity contribution in [3.8, 4) is 0 Å². The molecule has 1 aliphatic rings. The summed E-state index contributed by atoms with van der Waals surface area (Å²) >= 11 is 12.6. The largest absolute Gasteiger partial charge is 0.471 e. The second kappa shape index (κ2) is 12.2. The normalized spacial score (nSPS) is 18.1. The van der Waals surface area contributed by atoms with E-state index in [9.17, 15) is 18.0 Å². The number of halogens is 5. The summed E-state index contributed by atoms with van der Waals surface area (Å²) in [6.45, 7) is 0.898. The molecule has 2 unspecified atom stereocenters. The van der Waals surface area contributed by atoms with Gasteiger partial charge in [-0.25, -0.2) is 0 Å². The predicted octanol–water partition coefficient (Wildman–Crippen LogP) is 7.71. The number of fused-ring (bicyclic) bond motifs is 1. The number of nitrogens with zero attached hydrogens (tertiary/aromatic N) is 3. The molecule has 0 radical (unpaired) electrons. The van der Waals surface area contributed by atoms with E-state index in [4.69, 9.17) is 23.2 Å². The van der Waals surface area contributed by atoms with Crippen molar-refractivity contribution in [1.82, 2.24) is 14.8 Å². The first kappa shape index (κ1) is 28.4. The van der Waals surface area contributed by atoms with Gasteiger partial charge in [0.15, 0.2) is 0 Å². The summed E-state index contributed by atoms with van der Waals surface area (Å²) in [6, 6.07) is 23.5. The third-order valence-corrected chi connectivity index (χ3v) is 8.12. The van der Waals surface area contributed by atoms with Crippen LogP contribution in [0.4, 0.5) is 13.2 Å². The Morgan fingerprint density at radius 1 is 0.975 bits per heavy atom. The van der Waals surface area contributed by atoms with Gasteiger partial charge in [-0.2, -0.15) is 13.2 Å². The average molecular weight is 586 g/mol. The van der Waals surface area contributed by atoms with Crippen LogP contribution < -0.4 is 0 Å². The zero-order chi connectivity index (χ0) is 28.3. The van der Waals surface area contributed by atoms with Gasteiger partial charge in [0.2, 0.25) is 0 Å². The Labute approximate surface area is 241 Å². The molecule has 0 aliphatic carbocycles. The number of piperidine rings is 1. The molecular weight excluding hydrogens is 558 g/mol. The Bertz CT molecular complexity index is 1480. The molecule has 0 saturated carbocycles. The van der Waals surface area contributed by atoms with E-state index in [2.05, 4.69) is 9.88 Å². The van der Waals surface area contributed by atoms with Crippen molar-refractivity contribution in [2.24, 2.45) is 0 Å². The molecule has 2 heterocycles. The molecule has 1 fully saturated rings. The second-order valence-corrected chi connectivity index (χ2v) is 11.0. The van der Waals surface area contributed by atoms with Crippen LogP contribution in [0.15, 0.2) is 85.1 Å². The lowest BCUT2D eigenvalue weighted by Crippen LogP contribution is -2.54. The zero-order valence-electron chi connectivity index (χ0n) is 21.6. The summed E-state index contributed by atoms with van der Waals surface area (Å²) in [5, 5.41) is 1.82. The lowest BCUT2D eigenvalue weighted by molar-refractivity contribution is -0.190. The van der Waals surface area contributed by atoms with Crippen molar-refractivity contribution >= 4 is 40.0 Å². The SMILES string of the molecule is O=C(N(Cc1ccnc2ccccc12)C1CCN(Cc2ccc(Cl)cc2Cl)C(Cc2ccccc2)C1)C(F)(F)F. The van der Waals surface area contributed by atoms with Crippen LogP contribution in [0, 0.1) is 0 Å². The molecule has 9 heteroatoms. The van der Waals surface area contributed by atoms with E-state index >= 15 is 0 Å². The van der Waals surface area contributed by atoms with Crippen LogP contribution >= 0.6 is 23.2 Å². The van der Waals surface area contributed by atoms with Crippen molar-refractivity contribution in [3.63, 3.8) is 0 Å². The summed E-state index contributed by atoms with van der Waals surface area (Å²) in [7, 11) is 0. The Morgan fingerprint density at radius 2 is 1.73 bits per heavy atom. The molecule has 208 valence electrons. The Kier molecular flexibility index (Phi) is 8.64. The minimum absolute atomic E-state index is 0.106. The zero-order valence-corrected chi connectivity index (χ0v) is 23.1. The lowest BCUT2D eigenvalue weighted by atomic mass is 9.90. The van der Waals surface area contributed by atoms with Gasteiger partial charge in [0.25, 0.3) is 0 Å². The first-order valence-corrected chi connectivity index (χ1v) is 13.9. The fraction of sp³-hybridized carbons (Fsp3) is 0.290. The molecule has 2 atom stereocenters. The molecule has 4 aromatic rings. The van der Waals surface area contributed by atoms with Crippen molar-refractivity contribution in [2.45, 2.75) is 50.6 Å². The van der Waals surface area contributed by atoms with Crippen molar-refractivity contribution < 1.29 is 18.0 Å². The van der Waals surface area contributed by atoms with Gasteiger partial charge < -0.3 is 4.90 Å². The molecule has 1 saturated heterocycles. The number of carbonyl (C=O) groups is 1. The van der Waals surface area contributed by atoms with E-state index in [-0.39, 0.29) is 12.6 Å². The fourth-order valence-corrected chi connectivity index (χ4v) is 6.01. The third-order valence-electron chi connectivity index (χ3n) is 7.54. The number of para-hydroxylation sites is 1. The first-order chi connectivity index (χ1) is 19.2. The Balaban J connectivity index is 1.45. The van der Waals surface area contributed by atoms with Crippen molar-refractivity contribution in [1.29, 1.82) is 0 Å². The molecule has 3 aromatic carbocycles. The number of pyridine rings is 1. The molecule has 0 N–H and O–H groups in total. The maximum atomic E-state index is 13.9. The highest BCUT2D eigenvalue weighted by Gasteiger charge is 2.46. The van der Waals surface area contributed by atoms with Crippen LogP contribution in [-0.4, -0.2) is 45.5 Å². The van der Waals surface area contributed by atoms with Gasteiger partial charge in [-0.05, 0) is 60.2 Å². The topological polar surface area (TPSA) is 36.4 Å². The molecule has 4 nitrogen and oxygen atoms in total. The quantitative estimate of drug-likeness (QED) is 0.223. The molecule has 1 amide bonds. The van der Waals surface area contributed by atoms with Gasteiger partial charge in [0.1, 0.15) is 0 Å². The summed E-state index contributed by atoms with van der Waals surface area (Å²) in [5.41, 5.74) is 3.29. The van der Waals surface area contributed by atoms with Crippen LogP contribution in [0.2, 0.25) is 10.0 Å². The number of hydrogen-bond acceptors (Lipinski definition) is 3. The Morgan fingerprint density at radius 3 is 2.48 bits per heavy atom. The standard InChI is InChI=1S/C31H28Cl2F3N3O/c32-24-11-10-23(28(33)17-24)19-38-15-13-25(18-26(38)16-21-6-2-1-3-7-21)39(30(40)31(34,35)36)20-22-12-14-37-29-9-5-4-8-27(22)29/h1-12,14,17,25-26H,13,15-16,18-20H2. The maximum Gasteiger partial charge on any atom is 0.471 e. The van der Waals surface area contributed by atoms with Crippen molar-refractivity contribution in [3.05, 3.63) is 112 Å². The monoisotopic (exact) mass is 585 g/mol. The second-order valence-electron chi connectivity index (χ2n) is 10.1. The summed E-state index contributed by atoms with van der Waals surface area (Å²) in [5.74, 6) is -1.81. The highest BCUT2D eigenvalue weighted by molar-refractivity contribution is 6.35. The Hall–Kier alpha value is -3.13. The first-order valence-electron chi connectivity index (χ1n) is 13.1. The van der Waals surface area contributed by atoms with Gasteiger partial charge in [0, 0.05) is 53.3 Å². The summed E-state index contributed by atoms with van der Waals surface area (Å²) < 4.78 is 41.7. The van der Waals surface area contributed by atoms with Gasteiger partial charge in [-0.1, -0.05) is 77.8 Å². The molecule has 40 heavy (non-hydrogen) atoms. The minimum atomic E-state index is -4.98. The van der Waals surface area contributed by atoms with E-state index in [0.717, 1.165) is 21.4 Å². The van der Waals surface area contributed by atoms with Gasteiger partial charge in [-0.15, -0.1) is 0 Å². The van der Waals surface area contributed by atoms with Gasteiger partial charge >= 0.3 is 12.1 Å². The molecule has 1 aromatic heterocycles. The minimum Gasteiger partial charge on any atom is -0.327 e. The maximum absolute atomic E-state index is 13.9. The molecular formula is C31H28Cl2F3N3O. The number of rotatable bonds is 7. The van der Waals surface area contributed by atoms with E-state index in [0.29, 0.717) is 53.5 Å². The predicted molar refractivity (Wildman–Crippen MR) is 152 cm³/mol. The molecule has 5 rings (SSSR count). The summed E-state index contributed by atoms with van der Waals surface area (Å²) in [4.78, 5) is 20.5. The number of alkyl halides is 3. The molecule has 1 aliphatic heterocycles. The van der Waals surface area contributed by atoms with E-state index < -0.39 is 18.1 Å². The molecule has 0 spiro atoms. The van der Waals surface area contributed by atoms with Crippen LogP contribution in [0.1, 0.15) is 29.5 Å². The molecule has 0 bridgehead atoms. The van der Waals surface area contributed by atoms with Crippen molar-refractivity contribution in [2.75, 3.05) is 6.54 Å². The lowest BCUT2D eigenvalue weighted by Gasteiger charge is -2.44. The number of aromatic nitrogens is 1. The number of hydrogen-bond donors (Lipinski definition) is 0. The third kappa shape index (κ3) is 6.60. The number of likely N-dealkylation sites (tertiary alicyclic amines) is 1. The highest BCUT2D eigenvalue weighted by Crippen LogP contribution is 2.32. The number of amides is 1. The van der Waals surface area contributed by atoms with Crippen LogP contribution in [0.5, 0.6) is 0 Å². The van der Waals surface area contributed by atoms with E-state index in [1.807, 2.05) is 60.7 Å². The summed E-state index contributed by atoms with van der Waals surface area (Å²) in [6.07, 6.45) is -1.97. The van der Waals surface area contributed by atoms with Gasteiger partial charge in [-0.3, -0.25) is 14.7 Å². The highest BCUT2D eigenvalue weighted by atomic mass is 35.5. The smallest absolute Gasteiger partial charge is 0.327 e. The fourth-order valence-electron chi connectivity index (χ4n) is 5.54. The van der Waals surface area contributed by atoms with Crippen LogP contribution in [0.3, 0.4) is 0 Å².